The van der Waals surface area contributed by atoms with Crippen molar-refractivity contribution in [3.63, 3.8) is 0 Å². The van der Waals surface area contributed by atoms with Crippen LogP contribution >= 0.6 is 0 Å². The van der Waals surface area contributed by atoms with Crippen LogP contribution in [-0.4, -0.2) is 11.9 Å². The molecule has 2 aliphatic rings. The molecule has 2 bridgehead atoms. The number of rotatable bonds is 3. The summed E-state index contributed by atoms with van der Waals surface area (Å²) in [5.74, 6) is 1.59. The summed E-state index contributed by atoms with van der Waals surface area (Å²) in [7, 11) is 0. The average molecular weight is 272 g/mol. The first-order valence-electron chi connectivity index (χ1n) is 7.63. The standard InChI is InChI=1S/C18H24O2/c1-12(19)14-7-5-6-8-15(14)20-16-11-13-9-10-18(16,4)17(13,2)3/h5-8,13,16H,9-11H2,1-4H3. The third-order valence-electron chi connectivity index (χ3n) is 6.25. The van der Waals surface area contributed by atoms with Crippen LogP contribution < -0.4 is 4.74 Å². The largest absolute Gasteiger partial charge is 0.489 e. The Balaban J connectivity index is 1.89. The van der Waals surface area contributed by atoms with Gasteiger partial charge in [-0.25, -0.2) is 0 Å². The fraction of sp³-hybridized carbons (Fsp3) is 0.611. The molecule has 2 aliphatic carbocycles. The van der Waals surface area contributed by atoms with E-state index in [-0.39, 0.29) is 17.3 Å². The van der Waals surface area contributed by atoms with Gasteiger partial charge in [0.05, 0.1) is 5.56 Å². The summed E-state index contributed by atoms with van der Waals surface area (Å²) in [5, 5.41) is 0. The van der Waals surface area contributed by atoms with Gasteiger partial charge in [0.25, 0.3) is 0 Å². The number of hydrogen-bond donors (Lipinski definition) is 0. The molecule has 1 aromatic carbocycles. The van der Waals surface area contributed by atoms with Crippen molar-refractivity contribution in [1.82, 2.24) is 0 Å². The van der Waals surface area contributed by atoms with Crippen LogP contribution in [0.15, 0.2) is 24.3 Å². The first kappa shape index (κ1) is 13.7. The third-order valence-corrected chi connectivity index (χ3v) is 6.25. The Kier molecular flexibility index (Phi) is 2.97. The molecule has 0 radical (unpaired) electrons. The summed E-state index contributed by atoms with van der Waals surface area (Å²) in [4.78, 5) is 11.7. The molecule has 0 heterocycles. The maximum absolute atomic E-state index is 11.7. The second kappa shape index (κ2) is 4.34. The number of carbonyl (C=O) groups excluding carboxylic acids is 1. The van der Waals surface area contributed by atoms with Gasteiger partial charge >= 0.3 is 0 Å². The lowest BCUT2D eigenvalue weighted by atomic mass is 9.70. The van der Waals surface area contributed by atoms with E-state index in [1.807, 2.05) is 24.3 Å². The number of ketones is 1. The Morgan fingerprint density at radius 1 is 1.25 bits per heavy atom. The number of hydrogen-bond acceptors (Lipinski definition) is 2. The molecular formula is C18H24O2. The molecule has 0 aromatic heterocycles. The van der Waals surface area contributed by atoms with Crippen molar-refractivity contribution < 1.29 is 9.53 Å². The Morgan fingerprint density at radius 2 is 1.95 bits per heavy atom. The van der Waals surface area contributed by atoms with E-state index in [2.05, 4.69) is 20.8 Å². The summed E-state index contributed by atoms with van der Waals surface area (Å²) in [6.07, 6.45) is 3.90. The molecule has 0 saturated heterocycles. The lowest BCUT2D eigenvalue weighted by molar-refractivity contribution is 0.0296. The Labute approximate surface area is 121 Å². The average Bonchev–Trinajstić information content (AvgIpc) is 2.72. The lowest BCUT2D eigenvalue weighted by Gasteiger charge is -2.39. The van der Waals surface area contributed by atoms with E-state index in [9.17, 15) is 4.79 Å². The molecule has 0 spiro atoms. The molecule has 0 amide bonds. The Hall–Kier alpha value is -1.31. The van der Waals surface area contributed by atoms with E-state index in [0.717, 1.165) is 18.1 Å². The van der Waals surface area contributed by atoms with Crippen LogP contribution in [-0.2, 0) is 0 Å². The number of benzene rings is 1. The highest BCUT2D eigenvalue weighted by molar-refractivity contribution is 5.96. The van der Waals surface area contributed by atoms with Crippen LogP contribution in [0.25, 0.3) is 0 Å². The van der Waals surface area contributed by atoms with Gasteiger partial charge in [-0.05, 0) is 49.7 Å². The fourth-order valence-corrected chi connectivity index (χ4v) is 4.32. The van der Waals surface area contributed by atoms with Crippen LogP contribution in [0.3, 0.4) is 0 Å². The maximum Gasteiger partial charge on any atom is 0.163 e. The predicted molar refractivity (Wildman–Crippen MR) is 80.1 cm³/mol. The molecule has 20 heavy (non-hydrogen) atoms. The summed E-state index contributed by atoms with van der Waals surface area (Å²) >= 11 is 0. The second-order valence-electron chi connectivity index (χ2n) is 7.27. The maximum atomic E-state index is 11.7. The molecule has 1 aromatic rings. The highest BCUT2D eigenvalue weighted by atomic mass is 16.5. The van der Waals surface area contributed by atoms with Gasteiger partial charge in [0.15, 0.2) is 5.78 Å². The Bertz CT molecular complexity index is 546. The highest BCUT2D eigenvalue weighted by Gasteiger charge is 2.62. The van der Waals surface area contributed by atoms with E-state index in [1.54, 1.807) is 6.92 Å². The summed E-state index contributed by atoms with van der Waals surface area (Å²) in [6.45, 7) is 8.73. The number of carbonyl (C=O) groups is 1. The molecule has 2 fully saturated rings. The van der Waals surface area contributed by atoms with Crippen LogP contribution in [0.5, 0.6) is 5.75 Å². The molecule has 3 unspecified atom stereocenters. The minimum Gasteiger partial charge on any atom is -0.489 e. The van der Waals surface area contributed by atoms with E-state index >= 15 is 0 Å². The van der Waals surface area contributed by atoms with Crippen molar-refractivity contribution in [3.05, 3.63) is 29.8 Å². The third kappa shape index (κ3) is 1.73. The van der Waals surface area contributed by atoms with E-state index in [0.29, 0.717) is 11.0 Å². The van der Waals surface area contributed by atoms with Crippen molar-refractivity contribution in [2.24, 2.45) is 16.7 Å². The first-order chi connectivity index (χ1) is 9.36. The van der Waals surface area contributed by atoms with Gasteiger partial charge in [-0.1, -0.05) is 32.9 Å². The summed E-state index contributed by atoms with van der Waals surface area (Å²) < 4.78 is 6.32. The minimum atomic E-state index is 0.0770. The molecule has 0 N–H and O–H groups in total. The van der Waals surface area contributed by atoms with Crippen molar-refractivity contribution in [2.45, 2.75) is 53.1 Å². The lowest BCUT2D eigenvalue weighted by Crippen LogP contribution is -2.39. The molecule has 2 nitrogen and oxygen atoms in total. The summed E-state index contributed by atoms with van der Waals surface area (Å²) in [5.41, 5.74) is 1.27. The molecular weight excluding hydrogens is 248 g/mol. The number of para-hydroxylation sites is 1. The van der Waals surface area contributed by atoms with Crippen LogP contribution in [0.2, 0.25) is 0 Å². The van der Waals surface area contributed by atoms with E-state index < -0.39 is 0 Å². The van der Waals surface area contributed by atoms with Gasteiger partial charge in [0.2, 0.25) is 0 Å². The van der Waals surface area contributed by atoms with Crippen LogP contribution in [0.1, 0.15) is 57.3 Å². The zero-order valence-electron chi connectivity index (χ0n) is 12.9. The topological polar surface area (TPSA) is 26.3 Å². The van der Waals surface area contributed by atoms with Crippen LogP contribution in [0, 0.1) is 16.7 Å². The van der Waals surface area contributed by atoms with E-state index in [4.69, 9.17) is 4.74 Å². The molecule has 2 heteroatoms. The van der Waals surface area contributed by atoms with Crippen molar-refractivity contribution in [2.75, 3.05) is 0 Å². The first-order valence-corrected chi connectivity index (χ1v) is 7.63. The molecule has 2 saturated carbocycles. The monoisotopic (exact) mass is 272 g/mol. The minimum absolute atomic E-state index is 0.0770. The van der Waals surface area contributed by atoms with Crippen molar-refractivity contribution >= 4 is 5.78 Å². The zero-order chi connectivity index (χ0) is 14.5. The predicted octanol–water partition coefficient (Wildman–Crippen LogP) is 4.48. The number of fused-ring (bicyclic) bond motifs is 2. The smallest absolute Gasteiger partial charge is 0.163 e. The van der Waals surface area contributed by atoms with Crippen molar-refractivity contribution in [1.29, 1.82) is 0 Å². The molecule has 108 valence electrons. The van der Waals surface area contributed by atoms with Gasteiger partial charge in [-0.3, -0.25) is 4.79 Å². The summed E-state index contributed by atoms with van der Waals surface area (Å²) in [6, 6.07) is 7.63. The van der Waals surface area contributed by atoms with E-state index in [1.165, 1.54) is 12.8 Å². The molecule has 3 atom stereocenters. The van der Waals surface area contributed by atoms with Gasteiger partial charge in [0, 0.05) is 5.41 Å². The zero-order valence-corrected chi connectivity index (χ0v) is 12.9. The van der Waals surface area contributed by atoms with Gasteiger partial charge < -0.3 is 4.74 Å². The number of ether oxygens (including phenoxy) is 1. The van der Waals surface area contributed by atoms with Gasteiger partial charge in [0.1, 0.15) is 11.9 Å². The highest BCUT2D eigenvalue weighted by Crippen LogP contribution is 2.66. The normalized spacial score (nSPS) is 34.2. The SMILES string of the molecule is CC(=O)c1ccccc1OC1CC2CCC1(C)C2(C)C. The van der Waals surface area contributed by atoms with Gasteiger partial charge in [-0.15, -0.1) is 0 Å². The molecule has 3 rings (SSSR count). The Morgan fingerprint density at radius 3 is 2.50 bits per heavy atom. The van der Waals surface area contributed by atoms with Crippen LogP contribution in [0.4, 0.5) is 0 Å². The van der Waals surface area contributed by atoms with Gasteiger partial charge in [-0.2, -0.15) is 0 Å². The molecule has 0 aliphatic heterocycles. The fourth-order valence-electron chi connectivity index (χ4n) is 4.32. The quantitative estimate of drug-likeness (QED) is 0.758. The number of Topliss-reactive ketones (excluding diaryl/α,β-unsaturated/α-hetero) is 1. The van der Waals surface area contributed by atoms with Crippen molar-refractivity contribution in [3.8, 4) is 5.75 Å². The second-order valence-corrected chi connectivity index (χ2v) is 7.27.